The van der Waals surface area contributed by atoms with Gasteiger partial charge in [0.2, 0.25) is 11.8 Å². The number of urea groups is 1. The van der Waals surface area contributed by atoms with E-state index in [0.29, 0.717) is 44.1 Å². The Balaban J connectivity index is 0.757. The molecule has 0 saturated carbocycles. The van der Waals surface area contributed by atoms with Crippen LogP contribution in [-0.2, 0) is 29.1 Å². The quantitative estimate of drug-likeness (QED) is 0.120. The number of fused-ring (bicyclic) bond motifs is 2. The van der Waals surface area contributed by atoms with Gasteiger partial charge in [-0.3, -0.25) is 24.6 Å². The summed E-state index contributed by atoms with van der Waals surface area (Å²) in [6, 6.07) is 15.3. The Morgan fingerprint density at radius 3 is 2.49 bits per heavy atom. The number of benzene rings is 2. The highest BCUT2D eigenvalue weighted by atomic mass is 16.2. The third kappa shape index (κ3) is 8.46. The molecule has 0 bridgehead atoms. The van der Waals surface area contributed by atoms with Crippen LogP contribution < -0.4 is 20.9 Å². The SMILES string of the molecule is CC(C)c1cnn2c(NCc3ccc(NC(=O)N4CCN(CCCCCc5cccc6c5CN(C5CCC(=O)NC5=O)C6=O)CC4)cc3)cc(N3CCCC3)nc12. The van der Waals surface area contributed by atoms with Crippen molar-refractivity contribution in [1.82, 2.24) is 34.6 Å². The monoisotopic (exact) mass is 774 g/mol. The molecule has 14 nitrogen and oxygen atoms in total. The number of rotatable bonds is 13. The number of imide groups is 1. The number of nitrogens with zero attached hydrogens (tertiary/aromatic N) is 7. The molecule has 2 aromatic heterocycles. The lowest BCUT2D eigenvalue weighted by Crippen LogP contribution is -2.52. The Kier molecular flexibility index (Phi) is 11.4. The zero-order valence-electron chi connectivity index (χ0n) is 33.1. The Morgan fingerprint density at radius 2 is 1.74 bits per heavy atom. The van der Waals surface area contributed by atoms with Crippen molar-refractivity contribution in [2.45, 2.75) is 90.3 Å². The van der Waals surface area contributed by atoms with E-state index in [1.54, 1.807) is 4.90 Å². The van der Waals surface area contributed by atoms with E-state index in [-0.39, 0.29) is 30.2 Å². The molecule has 8 rings (SSSR count). The third-order valence-corrected chi connectivity index (χ3v) is 12.0. The molecule has 2 aromatic carbocycles. The molecule has 4 aromatic rings. The minimum absolute atomic E-state index is 0.0705. The number of hydrogen-bond donors (Lipinski definition) is 3. The van der Waals surface area contributed by atoms with Crippen LogP contribution in [0.5, 0.6) is 0 Å². The van der Waals surface area contributed by atoms with E-state index in [4.69, 9.17) is 4.98 Å². The number of unbranched alkanes of at least 4 members (excludes halogenated alkanes) is 2. The fourth-order valence-electron chi connectivity index (χ4n) is 8.60. The molecule has 5 amide bonds. The number of carbonyl (C=O) groups excluding carboxylic acids is 4. The van der Waals surface area contributed by atoms with Crippen LogP contribution in [0.15, 0.2) is 54.7 Å². The zero-order chi connectivity index (χ0) is 39.5. The van der Waals surface area contributed by atoms with E-state index in [1.807, 2.05) is 52.0 Å². The first-order chi connectivity index (χ1) is 27.7. The Bertz CT molecular complexity index is 2120. The summed E-state index contributed by atoms with van der Waals surface area (Å²) in [6.07, 6.45) is 8.95. The van der Waals surface area contributed by atoms with Crippen molar-refractivity contribution >= 4 is 46.7 Å². The van der Waals surface area contributed by atoms with Gasteiger partial charge in [0.15, 0.2) is 5.65 Å². The Labute approximate surface area is 334 Å². The first-order valence-corrected chi connectivity index (χ1v) is 20.7. The number of carbonyl (C=O) groups is 4. The van der Waals surface area contributed by atoms with Gasteiger partial charge in [-0.25, -0.2) is 9.78 Å². The van der Waals surface area contributed by atoms with Crippen LogP contribution in [0.2, 0.25) is 0 Å². The Morgan fingerprint density at radius 1 is 0.947 bits per heavy atom. The first-order valence-electron chi connectivity index (χ1n) is 20.7. The molecular formula is C43H54N10O4. The van der Waals surface area contributed by atoms with Crippen LogP contribution in [0.3, 0.4) is 0 Å². The third-order valence-electron chi connectivity index (χ3n) is 12.0. The maximum Gasteiger partial charge on any atom is 0.321 e. The average molecular weight is 775 g/mol. The fraction of sp³-hybridized carbons (Fsp3) is 0.488. The second-order valence-electron chi connectivity index (χ2n) is 16.1. The highest BCUT2D eigenvalue weighted by Gasteiger charge is 2.39. The molecule has 0 radical (unpaired) electrons. The van der Waals surface area contributed by atoms with Gasteiger partial charge in [-0.2, -0.15) is 9.61 Å². The largest absolute Gasteiger partial charge is 0.366 e. The molecule has 6 heterocycles. The number of amides is 5. The lowest BCUT2D eigenvalue weighted by Gasteiger charge is -2.34. The van der Waals surface area contributed by atoms with Gasteiger partial charge in [-0.1, -0.05) is 44.5 Å². The van der Waals surface area contributed by atoms with Crippen LogP contribution in [0.25, 0.3) is 5.65 Å². The van der Waals surface area contributed by atoms with Crippen LogP contribution in [-0.4, -0.2) is 105 Å². The number of piperidine rings is 1. The number of anilines is 3. The number of hydrogen-bond acceptors (Lipinski definition) is 9. The van der Waals surface area contributed by atoms with Gasteiger partial charge in [-0.15, -0.1) is 0 Å². The summed E-state index contributed by atoms with van der Waals surface area (Å²) in [7, 11) is 0. The molecule has 3 N–H and O–H groups in total. The fourth-order valence-corrected chi connectivity index (χ4v) is 8.60. The first kappa shape index (κ1) is 38.4. The molecule has 4 aliphatic heterocycles. The van der Waals surface area contributed by atoms with Crippen LogP contribution in [0.4, 0.5) is 22.1 Å². The second kappa shape index (κ2) is 16.9. The van der Waals surface area contributed by atoms with Crippen molar-refractivity contribution in [3.63, 3.8) is 0 Å². The van der Waals surface area contributed by atoms with Gasteiger partial charge < -0.3 is 25.3 Å². The van der Waals surface area contributed by atoms with Crippen molar-refractivity contribution in [2.24, 2.45) is 0 Å². The summed E-state index contributed by atoms with van der Waals surface area (Å²) < 4.78 is 1.91. The van der Waals surface area contributed by atoms with Crippen molar-refractivity contribution in [2.75, 3.05) is 61.3 Å². The van der Waals surface area contributed by atoms with Crippen molar-refractivity contribution in [1.29, 1.82) is 0 Å². The normalized spacial score (nSPS) is 18.8. The van der Waals surface area contributed by atoms with E-state index in [1.165, 1.54) is 12.8 Å². The highest BCUT2D eigenvalue weighted by molar-refractivity contribution is 6.05. The lowest BCUT2D eigenvalue weighted by atomic mass is 9.98. The molecule has 3 saturated heterocycles. The Hall–Kier alpha value is -5.50. The summed E-state index contributed by atoms with van der Waals surface area (Å²) in [4.78, 5) is 63.7. The maximum atomic E-state index is 13.2. The topological polar surface area (TPSA) is 148 Å². The molecule has 300 valence electrons. The summed E-state index contributed by atoms with van der Waals surface area (Å²) in [5.41, 5.74) is 6.77. The van der Waals surface area contributed by atoms with Gasteiger partial charge in [0.25, 0.3) is 5.91 Å². The van der Waals surface area contributed by atoms with Gasteiger partial charge in [0.05, 0.1) is 6.20 Å². The van der Waals surface area contributed by atoms with E-state index in [0.717, 1.165) is 104 Å². The number of piperazine rings is 1. The molecule has 14 heteroatoms. The second-order valence-corrected chi connectivity index (χ2v) is 16.1. The van der Waals surface area contributed by atoms with Gasteiger partial charge in [0, 0.05) is 81.7 Å². The average Bonchev–Trinajstić information content (AvgIpc) is 3.98. The number of aryl methyl sites for hydroxylation is 1. The van der Waals surface area contributed by atoms with Crippen LogP contribution >= 0.6 is 0 Å². The molecule has 3 fully saturated rings. The van der Waals surface area contributed by atoms with E-state index < -0.39 is 6.04 Å². The van der Waals surface area contributed by atoms with Crippen molar-refractivity contribution in [3.8, 4) is 0 Å². The predicted molar refractivity (Wildman–Crippen MR) is 219 cm³/mol. The summed E-state index contributed by atoms with van der Waals surface area (Å²) in [6.45, 7) is 11.5. The predicted octanol–water partition coefficient (Wildman–Crippen LogP) is 5.39. The molecule has 1 atom stereocenters. The van der Waals surface area contributed by atoms with E-state index in [9.17, 15) is 19.2 Å². The van der Waals surface area contributed by atoms with Crippen molar-refractivity contribution in [3.05, 3.63) is 82.5 Å². The van der Waals surface area contributed by atoms with Crippen LogP contribution in [0.1, 0.15) is 97.3 Å². The number of aromatic nitrogens is 3. The summed E-state index contributed by atoms with van der Waals surface area (Å²) in [5, 5.41) is 13.7. The zero-order valence-corrected chi connectivity index (χ0v) is 33.1. The summed E-state index contributed by atoms with van der Waals surface area (Å²) in [5.74, 6) is 1.46. The van der Waals surface area contributed by atoms with E-state index in [2.05, 4.69) is 56.8 Å². The van der Waals surface area contributed by atoms with Gasteiger partial charge >= 0.3 is 6.03 Å². The minimum Gasteiger partial charge on any atom is -0.366 e. The number of nitrogens with one attached hydrogen (secondary N) is 3. The van der Waals surface area contributed by atoms with E-state index >= 15 is 0 Å². The minimum atomic E-state index is -0.595. The van der Waals surface area contributed by atoms with Crippen LogP contribution in [0, 0.1) is 0 Å². The molecule has 0 aliphatic carbocycles. The lowest BCUT2D eigenvalue weighted by molar-refractivity contribution is -0.136. The highest BCUT2D eigenvalue weighted by Crippen LogP contribution is 2.31. The maximum absolute atomic E-state index is 13.2. The van der Waals surface area contributed by atoms with Gasteiger partial charge in [0.1, 0.15) is 17.7 Å². The standard InChI is InChI=1S/C43H54N10O4/c1-29(2)34-27-45-53-37(25-38(47-40(34)53)50-19-6-7-20-50)44-26-30-12-14-32(15-13-30)46-43(57)51-23-21-49(22-24-51)18-5-3-4-9-31-10-8-11-33-35(31)28-52(42(33)56)36-16-17-39(54)48-41(36)55/h8,10-15,25,27,29,36,44H,3-7,9,16-24,26,28H2,1-2H3,(H,46,57)(H,48,54,55). The molecular weight excluding hydrogens is 721 g/mol. The molecule has 1 unspecified atom stereocenters. The smallest absolute Gasteiger partial charge is 0.321 e. The summed E-state index contributed by atoms with van der Waals surface area (Å²) >= 11 is 0. The molecule has 0 spiro atoms. The molecule has 57 heavy (non-hydrogen) atoms. The van der Waals surface area contributed by atoms with Crippen molar-refractivity contribution < 1.29 is 19.2 Å². The van der Waals surface area contributed by atoms with Gasteiger partial charge in [-0.05, 0) is 85.9 Å². The molecule has 4 aliphatic rings.